The Balaban J connectivity index is 1.58. The highest BCUT2D eigenvalue weighted by Crippen LogP contribution is 2.14. The van der Waals surface area contributed by atoms with Gasteiger partial charge in [-0.25, -0.2) is 5.43 Å². The summed E-state index contributed by atoms with van der Waals surface area (Å²) >= 11 is 1.21. The molecule has 3 aromatic rings. The van der Waals surface area contributed by atoms with Crippen molar-refractivity contribution in [2.24, 2.45) is 5.10 Å². The van der Waals surface area contributed by atoms with Gasteiger partial charge in [-0.3, -0.25) is 9.59 Å². The second-order valence-electron chi connectivity index (χ2n) is 6.49. The molecule has 1 heterocycles. The SMILES string of the molecule is Cc1cc(NC(=O)C(C)SCC(=O)NN=C(c2ccccc2)c2ccccc2)no1. The third-order valence-electron chi connectivity index (χ3n) is 4.10. The summed E-state index contributed by atoms with van der Waals surface area (Å²) in [5.41, 5.74) is 5.06. The molecular formula is C22H22N4O3S. The molecule has 0 spiro atoms. The molecule has 2 amide bonds. The fourth-order valence-corrected chi connectivity index (χ4v) is 3.24. The zero-order valence-electron chi connectivity index (χ0n) is 16.7. The van der Waals surface area contributed by atoms with E-state index < -0.39 is 5.25 Å². The molecule has 0 aliphatic carbocycles. The van der Waals surface area contributed by atoms with Gasteiger partial charge >= 0.3 is 0 Å². The number of thioether (sulfide) groups is 1. The highest BCUT2D eigenvalue weighted by molar-refractivity contribution is 8.01. The van der Waals surface area contributed by atoms with Crippen molar-refractivity contribution < 1.29 is 14.1 Å². The number of amides is 2. The van der Waals surface area contributed by atoms with E-state index >= 15 is 0 Å². The van der Waals surface area contributed by atoms with Gasteiger partial charge in [0.05, 0.1) is 16.7 Å². The smallest absolute Gasteiger partial charge is 0.250 e. The van der Waals surface area contributed by atoms with Crippen LogP contribution in [-0.4, -0.2) is 33.7 Å². The molecule has 1 atom stereocenters. The average Bonchev–Trinajstić information content (AvgIpc) is 3.18. The minimum Gasteiger partial charge on any atom is -0.360 e. The summed E-state index contributed by atoms with van der Waals surface area (Å²) in [5, 5.41) is 10.3. The van der Waals surface area contributed by atoms with Gasteiger partial charge in [0.1, 0.15) is 5.76 Å². The second-order valence-corrected chi connectivity index (χ2v) is 7.82. The van der Waals surface area contributed by atoms with Crippen molar-refractivity contribution in [2.75, 3.05) is 11.1 Å². The molecular weight excluding hydrogens is 400 g/mol. The van der Waals surface area contributed by atoms with E-state index in [1.807, 2.05) is 60.7 Å². The number of rotatable bonds is 8. The van der Waals surface area contributed by atoms with E-state index in [1.54, 1.807) is 19.9 Å². The number of benzene rings is 2. The van der Waals surface area contributed by atoms with E-state index in [-0.39, 0.29) is 17.6 Å². The Labute approximate surface area is 178 Å². The van der Waals surface area contributed by atoms with E-state index in [0.29, 0.717) is 17.3 Å². The van der Waals surface area contributed by atoms with Gasteiger partial charge in [-0.1, -0.05) is 65.8 Å². The first-order chi connectivity index (χ1) is 14.5. The van der Waals surface area contributed by atoms with Crippen LogP contribution in [0.5, 0.6) is 0 Å². The molecule has 7 nitrogen and oxygen atoms in total. The number of anilines is 1. The first kappa shape index (κ1) is 21.3. The Hall–Kier alpha value is -3.39. The number of hydrazone groups is 1. The molecule has 0 saturated heterocycles. The Bertz CT molecular complexity index is 978. The van der Waals surface area contributed by atoms with Gasteiger partial charge in [-0.15, -0.1) is 11.8 Å². The lowest BCUT2D eigenvalue weighted by Gasteiger charge is -2.10. The number of carbonyl (C=O) groups excluding carboxylic acids is 2. The van der Waals surface area contributed by atoms with E-state index in [1.165, 1.54) is 11.8 Å². The van der Waals surface area contributed by atoms with Gasteiger partial charge in [0.15, 0.2) is 5.82 Å². The van der Waals surface area contributed by atoms with Crippen molar-refractivity contribution in [3.63, 3.8) is 0 Å². The maximum atomic E-state index is 12.3. The van der Waals surface area contributed by atoms with Gasteiger partial charge in [-0.05, 0) is 13.8 Å². The molecule has 30 heavy (non-hydrogen) atoms. The summed E-state index contributed by atoms with van der Waals surface area (Å²) in [6, 6.07) is 20.9. The minimum atomic E-state index is -0.445. The number of nitrogens with one attached hydrogen (secondary N) is 2. The average molecular weight is 423 g/mol. The predicted molar refractivity (Wildman–Crippen MR) is 118 cm³/mol. The predicted octanol–water partition coefficient (Wildman–Crippen LogP) is 3.61. The Morgan fingerprint density at radius 2 is 1.67 bits per heavy atom. The van der Waals surface area contributed by atoms with Gasteiger partial charge in [0.2, 0.25) is 11.8 Å². The van der Waals surface area contributed by atoms with Crippen LogP contribution < -0.4 is 10.7 Å². The molecule has 0 fully saturated rings. The molecule has 0 radical (unpaired) electrons. The van der Waals surface area contributed by atoms with Crippen LogP contribution in [0.3, 0.4) is 0 Å². The van der Waals surface area contributed by atoms with Gasteiger partial charge in [0.25, 0.3) is 0 Å². The highest BCUT2D eigenvalue weighted by atomic mass is 32.2. The Morgan fingerprint density at radius 3 is 2.20 bits per heavy atom. The largest absolute Gasteiger partial charge is 0.360 e. The first-order valence-electron chi connectivity index (χ1n) is 9.36. The molecule has 0 aliphatic rings. The van der Waals surface area contributed by atoms with Crippen LogP contribution in [0.15, 0.2) is 76.4 Å². The van der Waals surface area contributed by atoms with Crippen LogP contribution in [0.1, 0.15) is 23.8 Å². The third kappa shape index (κ3) is 6.05. The van der Waals surface area contributed by atoms with Crippen LogP contribution in [0.2, 0.25) is 0 Å². The number of hydrogen-bond acceptors (Lipinski definition) is 6. The van der Waals surface area contributed by atoms with Crippen molar-refractivity contribution in [1.29, 1.82) is 0 Å². The number of hydrogen-bond donors (Lipinski definition) is 2. The van der Waals surface area contributed by atoms with Gasteiger partial charge < -0.3 is 9.84 Å². The van der Waals surface area contributed by atoms with Crippen molar-refractivity contribution in [2.45, 2.75) is 19.1 Å². The summed E-state index contributed by atoms with van der Waals surface area (Å²) in [7, 11) is 0. The van der Waals surface area contributed by atoms with Crippen LogP contribution in [0, 0.1) is 6.92 Å². The molecule has 154 valence electrons. The first-order valence-corrected chi connectivity index (χ1v) is 10.4. The van der Waals surface area contributed by atoms with Gasteiger partial charge in [-0.2, -0.15) is 5.10 Å². The normalized spacial score (nSPS) is 11.4. The third-order valence-corrected chi connectivity index (χ3v) is 5.24. The zero-order valence-corrected chi connectivity index (χ0v) is 17.5. The lowest BCUT2D eigenvalue weighted by Crippen LogP contribution is -2.27. The number of nitrogens with zero attached hydrogens (tertiary/aromatic N) is 2. The molecule has 8 heteroatoms. The monoisotopic (exact) mass is 422 g/mol. The van der Waals surface area contributed by atoms with Gasteiger partial charge in [0, 0.05) is 17.2 Å². The Kier molecular flexibility index (Phi) is 7.40. The fraction of sp³-hybridized carbons (Fsp3) is 0.182. The summed E-state index contributed by atoms with van der Waals surface area (Å²) in [5.74, 6) is 0.511. The molecule has 2 aromatic carbocycles. The van der Waals surface area contributed by atoms with Crippen LogP contribution >= 0.6 is 11.8 Å². The topological polar surface area (TPSA) is 96.6 Å². The molecule has 0 aliphatic heterocycles. The number of carbonyl (C=O) groups is 2. The number of aromatic nitrogens is 1. The standard InChI is InChI=1S/C22H22N4O3S/c1-15-13-19(26-29-15)23-22(28)16(2)30-14-20(27)24-25-21(17-9-5-3-6-10-17)18-11-7-4-8-12-18/h3-13,16H,14H2,1-2H3,(H,24,27)(H,23,26,28). The maximum absolute atomic E-state index is 12.3. The van der Waals surface area contributed by atoms with Crippen LogP contribution in [-0.2, 0) is 9.59 Å². The fourth-order valence-electron chi connectivity index (χ4n) is 2.57. The molecule has 3 rings (SSSR count). The van der Waals surface area contributed by atoms with Crippen molar-refractivity contribution in [1.82, 2.24) is 10.6 Å². The molecule has 0 saturated carbocycles. The van der Waals surface area contributed by atoms with Crippen LogP contribution in [0.4, 0.5) is 5.82 Å². The highest BCUT2D eigenvalue weighted by Gasteiger charge is 2.17. The molecule has 1 unspecified atom stereocenters. The summed E-state index contributed by atoms with van der Waals surface area (Å²) in [6.45, 7) is 3.47. The van der Waals surface area contributed by atoms with Crippen molar-refractivity contribution >= 4 is 35.1 Å². The van der Waals surface area contributed by atoms with Crippen LogP contribution in [0.25, 0.3) is 0 Å². The van der Waals surface area contributed by atoms with E-state index in [0.717, 1.165) is 11.1 Å². The summed E-state index contributed by atoms with van der Waals surface area (Å²) in [4.78, 5) is 24.5. The lowest BCUT2D eigenvalue weighted by atomic mass is 10.0. The summed E-state index contributed by atoms with van der Waals surface area (Å²) in [6.07, 6.45) is 0. The van der Waals surface area contributed by atoms with Crippen molar-refractivity contribution in [3.8, 4) is 0 Å². The quantitative estimate of drug-likeness (QED) is 0.427. The second kappa shape index (κ2) is 10.4. The van der Waals surface area contributed by atoms with E-state index in [2.05, 4.69) is 21.0 Å². The minimum absolute atomic E-state index is 0.0901. The van der Waals surface area contributed by atoms with E-state index in [9.17, 15) is 9.59 Å². The molecule has 1 aromatic heterocycles. The zero-order chi connectivity index (χ0) is 21.3. The van der Waals surface area contributed by atoms with E-state index in [4.69, 9.17) is 4.52 Å². The molecule has 0 bridgehead atoms. The molecule has 2 N–H and O–H groups in total. The summed E-state index contributed by atoms with van der Waals surface area (Å²) < 4.78 is 4.92. The van der Waals surface area contributed by atoms with Crippen molar-refractivity contribution in [3.05, 3.63) is 83.6 Å². The lowest BCUT2D eigenvalue weighted by molar-refractivity contribution is -0.118. The maximum Gasteiger partial charge on any atom is 0.250 e. The Morgan fingerprint density at radius 1 is 1.07 bits per heavy atom. The number of aryl methyl sites for hydroxylation is 1.